The predicted octanol–water partition coefficient (Wildman–Crippen LogP) is 4.89. The number of carbonyl (C=O) groups excluding carboxylic acids is 2. The number of rotatable bonds is 6. The molecular weight excluding hydrogens is 435 g/mol. The molecule has 0 bridgehead atoms. The van der Waals surface area contributed by atoms with E-state index in [1.54, 1.807) is 42.5 Å². The lowest BCUT2D eigenvalue weighted by Gasteiger charge is -2.15. The third kappa shape index (κ3) is 3.78. The lowest BCUT2D eigenvalue weighted by Crippen LogP contribution is -2.32. The molecule has 0 unspecified atom stereocenters. The maximum Gasteiger partial charge on any atom is 0.282 e. The molecule has 1 aliphatic rings. The van der Waals surface area contributed by atoms with Crippen molar-refractivity contribution in [3.05, 3.63) is 88.8 Å². The molecule has 0 aliphatic carbocycles. The minimum absolute atomic E-state index is 0.0464. The van der Waals surface area contributed by atoms with Crippen molar-refractivity contribution >= 4 is 40.4 Å². The van der Waals surface area contributed by atoms with Gasteiger partial charge < -0.3 is 14.8 Å². The summed E-state index contributed by atoms with van der Waals surface area (Å²) >= 11 is 6.22. The number of imide groups is 1. The molecule has 0 spiro atoms. The van der Waals surface area contributed by atoms with Crippen molar-refractivity contribution in [3.8, 4) is 11.5 Å². The maximum absolute atomic E-state index is 13.4. The Kier molecular flexibility index (Phi) is 5.83. The Balaban J connectivity index is 1.84. The first-order valence-electron chi connectivity index (χ1n) is 9.57. The maximum atomic E-state index is 13.4. The van der Waals surface area contributed by atoms with Gasteiger partial charge in [0.15, 0.2) is 0 Å². The van der Waals surface area contributed by atoms with Gasteiger partial charge >= 0.3 is 0 Å². The molecule has 1 aliphatic heterocycles. The number of anilines is 2. The molecule has 0 fully saturated rings. The minimum atomic E-state index is -0.588. The number of hydrogen-bond acceptors (Lipinski definition) is 5. The van der Waals surface area contributed by atoms with Gasteiger partial charge in [-0.15, -0.1) is 0 Å². The highest BCUT2D eigenvalue weighted by Gasteiger charge is 2.41. The lowest BCUT2D eigenvalue weighted by atomic mass is 10.0. The van der Waals surface area contributed by atoms with Gasteiger partial charge in [0.25, 0.3) is 11.8 Å². The molecule has 1 N–H and O–H groups in total. The summed E-state index contributed by atoms with van der Waals surface area (Å²) in [6, 6.07) is 16.9. The standard InChI is InChI=1S/C24H18ClFN2O4/c1-31-19-6-4-3-5-17(19)21-22(27-15-9-12-20(32-2)18(25)13-15)24(30)28(23(21)29)16-10-7-14(26)8-11-16/h3-13,27H,1-2H3. The van der Waals surface area contributed by atoms with E-state index in [1.807, 2.05) is 0 Å². The van der Waals surface area contributed by atoms with Gasteiger partial charge in [-0.05, 0) is 48.5 Å². The number of hydrogen-bond donors (Lipinski definition) is 1. The Morgan fingerprint density at radius 3 is 2.22 bits per heavy atom. The highest BCUT2D eigenvalue weighted by molar-refractivity contribution is 6.46. The summed E-state index contributed by atoms with van der Waals surface area (Å²) in [5.41, 5.74) is 1.35. The predicted molar refractivity (Wildman–Crippen MR) is 120 cm³/mol. The fourth-order valence-electron chi connectivity index (χ4n) is 3.46. The van der Waals surface area contributed by atoms with Crippen molar-refractivity contribution in [3.63, 3.8) is 0 Å². The van der Waals surface area contributed by atoms with E-state index in [1.165, 1.54) is 38.5 Å². The van der Waals surface area contributed by atoms with Crippen molar-refractivity contribution in [1.82, 2.24) is 0 Å². The largest absolute Gasteiger partial charge is 0.496 e. The van der Waals surface area contributed by atoms with E-state index in [0.717, 1.165) is 4.90 Å². The fraction of sp³-hybridized carbons (Fsp3) is 0.0833. The van der Waals surface area contributed by atoms with Gasteiger partial charge in [0.2, 0.25) is 0 Å². The molecule has 3 aromatic carbocycles. The second-order valence-corrected chi connectivity index (χ2v) is 7.25. The number of nitrogens with one attached hydrogen (secondary N) is 1. The molecule has 2 amide bonds. The third-order valence-electron chi connectivity index (χ3n) is 4.97. The number of ether oxygens (including phenoxy) is 2. The van der Waals surface area contributed by atoms with Crippen molar-refractivity contribution in [2.45, 2.75) is 0 Å². The summed E-state index contributed by atoms with van der Waals surface area (Å²) in [4.78, 5) is 27.8. The number of carbonyl (C=O) groups is 2. The Labute approximate surface area is 188 Å². The summed E-state index contributed by atoms with van der Waals surface area (Å²) in [6.07, 6.45) is 0. The van der Waals surface area contributed by atoms with Crippen molar-refractivity contribution in [1.29, 1.82) is 0 Å². The lowest BCUT2D eigenvalue weighted by molar-refractivity contribution is -0.120. The normalized spacial score (nSPS) is 13.6. The van der Waals surface area contributed by atoms with Crippen LogP contribution in [-0.4, -0.2) is 26.0 Å². The van der Waals surface area contributed by atoms with Crippen LogP contribution >= 0.6 is 11.6 Å². The van der Waals surface area contributed by atoms with Crippen LogP contribution in [0, 0.1) is 5.82 Å². The average Bonchev–Trinajstić information content (AvgIpc) is 3.03. The average molecular weight is 453 g/mol. The number of para-hydroxylation sites is 1. The van der Waals surface area contributed by atoms with Gasteiger partial charge in [-0.3, -0.25) is 9.59 Å². The minimum Gasteiger partial charge on any atom is -0.496 e. The number of methoxy groups -OCH3 is 2. The van der Waals surface area contributed by atoms with E-state index in [0.29, 0.717) is 27.8 Å². The first-order valence-corrected chi connectivity index (χ1v) is 9.95. The summed E-state index contributed by atoms with van der Waals surface area (Å²) in [7, 11) is 2.98. The molecule has 0 aromatic heterocycles. The fourth-order valence-corrected chi connectivity index (χ4v) is 3.72. The zero-order chi connectivity index (χ0) is 22.8. The zero-order valence-corrected chi connectivity index (χ0v) is 17.9. The summed E-state index contributed by atoms with van der Waals surface area (Å²) in [6.45, 7) is 0. The highest BCUT2D eigenvalue weighted by atomic mass is 35.5. The molecule has 32 heavy (non-hydrogen) atoms. The molecule has 0 radical (unpaired) electrons. The van der Waals surface area contributed by atoms with Gasteiger partial charge in [0.05, 0.1) is 30.5 Å². The summed E-state index contributed by atoms with van der Waals surface area (Å²) < 4.78 is 24.0. The molecule has 162 valence electrons. The van der Waals surface area contributed by atoms with Crippen LogP contribution in [0.2, 0.25) is 5.02 Å². The van der Waals surface area contributed by atoms with Crippen LogP contribution in [0.3, 0.4) is 0 Å². The van der Waals surface area contributed by atoms with E-state index in [9.17, 15) is 14.0 Å². The van der Waals surface area contributed by atoms with Gasteiger partial charge in [0.1, 0.15) is 23.0 Å². The topological polar surface area (TPSA) is 67.9 Å². The highest BCUT2D eigenvalue weighted by Crippen LogP contribution is 2.38. The van der Waals surface area contributed by atoms with Crippen molar-refractivity contribution < 1.29 is 23.5 Å². The van der Waals surface area contributed by atoms with Crippen LogP contribution in [-0.2, 0) is 9.59 Å². The first-order chi connectivity index (χ1) is 15.4. The Morgan fingerprint density at radius 2 is 1.56 bits per heavy atom. The van der Waals surface area contributed by atoms with E-state index >= 15 is 0 Å². The molecule has 0 saturated heterocycles. The molecule has 0 saturated carbocycles. The Hall–Kier alpha value is -3.84. The van der Waals surface area contributed by atoms with Crippen LogP contribution in [0.5, 0.6) is 11.5 Å². The van der Waals surface area contributed by atoms with E-state index < -0.39 is 17.6 Å². The zero-order valence-electron chi connectivity index (χ0n) is 17.2. The van der Waals surface area contributed by atoms with Crippen LogP contribution < -0.4 is 19.7 Å². The number of amides is 2. The van der Waals surface area contributed by atoms with Gasteiger partial charge in [-0.2, -0.15) is 0 Å². The van der Waals surface area contributed by atoms with E-state index in [-0.39, 0.29) is 17.0 Å². The van der Waals surface area contributed by atoms with Gasteiger partial charge in [-0.1, -0.05) is 29.8 Å². The molecule has 4 rings (SSSR count). The van der Waals surface area contributed by atoms with Crippen LogP contribution in [0.15, 0.2) is 72.4 Å². The molecule has 6 nitrogen and oxygen atoms in total. The Morgan fingerprint density at radius 1 is 0.875 bits per heavy atom. The number of nitrogens with zero attached hydrogens (tertiary/aromatic N) is 1. The van der Waals surface area contributed by atoms with Crippen molar-refractivity contribution in [2.24, 2.45) is 0 Å². The van der Waals surface area contributed by atoms with Crippen LogP contribution in [0.4, 0.5) is 15.8 Å². The monoisotopic (exact) mass is 452 g/mol. The quantitative estimate of drug-likeness (QED) is 0.539. The summed E-state index contributed by atoms with van der Waals surface area (Å²) in [5, 5.41) is 3.36. The van der Waals surface area contributed by atoms with E-state index in [4.69, 9.17) is 21.1 Å². The molecule has 1 heterocycles. The van der Waals surface area contributed by atoms with E-state index in [2.05, 4.69) is 5.32 Å². The first kappa shape index (κ1) is 21.4. The van der Waals surface area contributed by atoms with Crippen LogP contribution in [0.1, 0.15) is 5.56 Å². The Bertz CT molecular complexity index is 1240. The van der Waals surface area contributed by atoms with Crippen molar-refractivity contribution in [2.75, 3.05) is 24.4 Å². The van der Waals surface area contributed by atoms with Gasteiger partial charge in [-0.25, -0.2) is 9.29 Å². The molecule has 0 atom stereocenters. The molecular formula is C24H18ClFN2O4. The molecule has 8 heteroatoms. The number of benzene rings is 3. The SMILES string of the molecule is COc1ccc(NC2=C(c3ccccc3OC)C(=O)N(c3ccc(F)cc3)C2=O)cc1Cl. The summed E-state index contributed by atoms with van der Waals surface area (Å²) in [5.74, 6) is -0.728. The molecule has 3 aromatic rings. The second kappa shape index (κ2) is 8.72. The smallest absolute Gasteiger partial charge is 0.282 e. The third-order valence-corrected chi connectivity index (χ3v) is 5.26. The van der Waals surface area contributed by atoms with Crippen LogP contribution in [0.25, 0.3) is 5.57 Å². The second-order valence-electron chi connectivity index (χ2n) is 6.85. The number of halogens is 2. The van der Waals surface area contributed by atoms with Gasteiger partial charge in [0, 0.05) is 11.3 Å².